The van der Waals surface area contributed by atoms with Gasteiger partial charge in [0.05, 0.1) is 12.9 Å². The fourth-order valence-electron chi connectivity index (χ4n) is 2.97. The molecule has 0 saturated heterocycles. The lowest BCUT2D eigenvalue weighted by molar-refractivity contribution is -0.116. The van der Waals surface area contributed by atoms with Gasteiger partial charge in [-0.3, -0.25) is 4.79 Å². The topological polar surface area (TPSA) is 60.2 Å². The van der Waals surface area contributed by atoms with E-state index in [0.717, 1.165) is 47.4 Å². The number of ether oxygens (including phenoxy) is 1. The van der Waals surface area contributed by atoms with Gasteiger partial charge >= 0.3 is 0 Å². The van der Waals surface area contributed by atoms with Crippen molar-refractivity contribution in [3.05, 3.63) is 42.2 Å². The Balaban J connectivity index is 1.72. The zero-order valence-electron chi connectivity index (χ0n) is 14.6. The quantitative estimate of drug-likeness (QED) is 0.587. The number of rotatable bonds is 6. The molecule has 1 aliphatic rings. The molecule has 3 rings (SSSR count). The lowest BCUT2D eigenvalue weighted by atomic mass is 10.0. The van der Waals surface area contributed by atoms with Crippen molar-refractivity contribution >= 4 is 23.4 Å². The van der Waals surface area contributed by atoms with Gasteiger partial charge in [0.15, 0.2) is 5.16 Å². The minimum atomic E-state index is 0.0851. The second kappa shape index (κ2) is 7.74. The van der Waals surface area contributed by atoms with Crippen molar-refractivity contribution in [2.45, 2.75) is 31.5 Å². The van der Waals surface area contributed by atoms with Crippen LogP contribution in [0, 0.1) is 6.92 Å². The van der Waals surface area contributed by atoms with E-state index >= 15 is 0 Å². The summed E-state index contributed by atoms with van der Waals surface area (Å²) in [5.74, 6) is 2.07. The van der Waals surface area contributed by atoms with Crippen LogP contribution < -0.4 is 9.64 Å². The van der Waals surface area contributed by atoms with E-state index in [-0.39, 0.29) is 5.91 Å². The molecule has 0 fully saturated rings. The highest BCUT2D eigenvalue weighted by Gasteiger charge is 2.23. The summed E-state index contributed by atoms with van der Waals surface area (Å²) in [5.41, 5.74) is 2.15. The first-order chi connectivity index (χ1) is 12.1. The summed E-state index contributed by atoms with van der Waals surface area (Å²) in [6.07, 6.45) is 3.73. The fraction of sp³-hybridized carbons (Fsp3) is 0.389. The van der Waals surface area contributed by atoms with Crippen LogP contribution in [0.25, 0.3) is 0 Å². The number of fused-ring (bicyclic) bond motifs is 1. The number of nitrogens with zero attached hydrogens (tertiary/aromatic N) is 4. The summed E-state index contributed by atoms with van der Waals surface area (Å²) in [6, 6.07) is 5.90. The summed E-state index contributed by atoms with van der Waals surface area (Å²) >= 11 is 1.42. The summed E-state index contributed by atoms with van der Waals surface area (Å²) in [4.78, 5) is 14.6. The molecule has 1 amide bonds. The molecule has 1 aliphatic heterocycles. The van der Waals surface area contributed by atoms with Crippen LogP contribution in [-0.4, -0.2) is 40.1 Å². The first-order valence-electron chi connectivity index (χ1n) is 8.25. The van der Waals surface area contributed by atoms with E-state index in [9.17, 15) is 4.79 Å². The number of carbonyl (C=O) groups excluding carboxylic acids is 1. The van der Waals surface area contributed by atoms with Crippen LogP contribution in [0.2, 0.25) is 0 Å². The van der Waals surface area contributed by atoms with E-state index in [1.165, 1.54) is 11.8 Å². The van der Waals surface area contributed by atoms with Gasteiger partial charge in [-0.1, -0.05) is 17.8 Å². The molecule has 0 radical (unpaired) electrons. The third-order valence-corrected chi connectivity index (χ3v) is 5.20. The van der Waals surface area contributed by atoms with Crippen molar-refractivity contribution < 1.29 is 9.53 Å². The van der Waals surface area contributed by atoms with Gasteiger partial charge in [0, 0.05) is 18.8 Å². The van der Waals surface area contributed by atoms with E-state index in [0.29, 0.717) is 12.3 Å². The smallest absolute Gasteiger partial charge is 0.237 e. The van der Waals surface area contributed by atoms with Gasteiger partial charge in [0.1, 0.15) is 11.6 Å². The summed E-state index contributed by atoms with van der Waals surface area (Å²) in [5, 5.41) is 8.99. The predicted molar refractivity (Wildman–Crippen MR) is 99.3 cm³/mol. The molecule has 25 heavy (non-hydrogen) atoms. The molecule has 0 aliphatic carbocycles. The minimum absolute atomic E-state index is 0.0851. The van der Waals surface area contributed by atoms with Gasteiger partial charge < -0.3 is 14.2 Å². The lowest BCUT2D eigenvalue weighted by Crippen LogP contribution is -2.36. The number of aromatic nitrogens is 3. The van der Waals surface area contributed by atoms with Crippen molar-refractivity contribution in [1.82, 2.24) is 14.8 Å². The number of anilines is 1. The Bertz CT molecular complexity index is 787. The summed E-state index contributed by atoms with van der Waals surface area (Å²) in [6.45, 7) is 7.04. The number of amides is 1. The number of benzene rings is 1. The van der Waals surface area contributed by atoms with E-state index < -0.39 is 0 Å². The van der Waals surface area contributed by atoms with Gasteiger partial charge in [0.2, 0.25) is 5.91 Å². The molecule has 0 unspecified atom stereocenters. The highest BCUT2D eigenvalue weighted by Crippen LogP contribution is 2.31. The normalized spacial score (nSPS) is 13.4. The largest absolute Gasteiger partial charge is 0.497 e. The molecule has 7 heteroatoms. The Hall–Kier alpha value is -2.28. The van der Waals surface area contributed by atoms with Crippen LogP contribution in [0.3, 0.4) is 0 Å². The van der Waals surface area contributed by atoms with Crippen LogP contribution in [0.4, 0.5) is 5.69 Å². The second-order valence-electron chi connectivity index (χ2n) is 5.86. The Morgan fingerprint density at radius 2 is 2.28 bits per heavy atom. The number of carbonyl (C=O) groups is 1. The second-order valence-corrected chi connectivity index (χ2v) is 6.80. The maximum atomic E-state index is 12.8. The van der Waals surface area contributed by atoms with Gasteiger partial charge in [-0.25, -0.2) is 0 Å². The van der Waals surface area contributed by atoms with E-state index in [1.807, 2.05) is 34.6 Å². The maximum absolute atomic E-state index is 12.8. The maximum Gasteiger partial charge on any atom is 0.237 e. The molecule has 132 valence electrons. The Morgan fingerprint density at radius 3 is 3.04 bits per heavy atom. The van der Waals surface area contributed by atoms with Gasteiger partial charge in [-0.05, 0) is 43.5 Å². The standard InChI is InChI=1S/C18H22N4O2S/c1-4-9-21-13(2)19-20-18(21)25-12-17(23)22-10-5-6-14-11-15(24-3)7-8-16(14)22/h4,7-8,11H,1,5-6,9-10,12H2,2-3H3. The number of hydrogen-bond acceptors (Lipinski definition) is 5. The number of aryl methyl sites for hydroxylation is 2. The molecule has 0 saturated carbocycles. The van der Waals surface area contributed by atoms with Crippen molar-refractivity contribution in [3.63, 3.8) is 0 Å². The molecule has 0 bridgehead atoms. The molecular formula is C18H22N4O2S. The van der Waals surface area contributed by atoms with Crippen molar-refractivity contribution in [3.8, 4) is 5.75 Å². The molecule has 0 N–H and O–H groups in total. The van der Waals surface area contributed by atoms with E-state index in [2.05, 4.69) is 16.8 Å². The molecule has 2 aromatic rings. The molecule has 1 aromatic heterocycles. The van der Waals surface area contributed by atoms with Crippen LogP contribution in [0.1, 0.15) is 17.8 Å². The number of methoxy groups -OCH3 is 1. The zero-order chi connectivity index (χ0) is 17.8. The predicted octanol–water partition coefficient (Wildman–Crippen LogP) is 2.85. The van der Waals surface area contributed by atoms with Crippen molar-refractivity contribution in [2.24, 2.45) is 0 Å². The SMILES string of the molecule is C=CCn1c(C)nnc1SCC(=O)N1CCCc2cc(OC)ccc21. The number of thioether (sulfide) groups is 1. The molecule has 2 heterocycles. The van der Waals surface area contributed by atoms with Crippen LogP contribution in [0.5, 0.6) is 5.75 Å². The van der Waals surface area contributed by atoms with Crippen LogP contribution in [-0.2, 0) is 17.8 Å². The first-order valence-corrected chi connectivity index (χ1v) is 9.23. The third kappa shape index (κ3) is 3.71. The minimum Gasteiger partial charge on any atom is -0.497 e. The van der Waals surface area contributed by atoms with E-state index in [1.54, 1.807) is 13.2 Å². The highest BCUT2D eigenvalue weighted by atomic mass is 32.2. The highest BCUT2D eigenvalue weighted by molar-refractivity contribution is 7.99. The Kier molecular flexibility index (Phi) is 5.43. The average molecular weight is 358 g/mol. The zero-order valence-corrected chi connectivity index (χ0v) is 15.4. The number of hydrogen-bond donors (Lipinski definition) is 0. The van der Waals surface area contributed by atoms with E-state index in [4.69, 9.17) is 4.74 Å². The van der Waals surface area contributed by atoms with Crippen molar-refractivity contribution in [2.75, 3.05) is 24.3 Å². The Labute approximate surface area is 151 Å². The monoisotopic (exact) mass is 358 g/mol. The first kappa shape index (κ1) is 17.5. The van der Waals surface area contributed by atoms with Gasteiger partial charge in [-0.15, -0.1) is 16.8 Å². The molecule has 1 aromatic carbocycles. The molecule has 0 spiro atoms. The molecular weight excluding hydrogens is 336 g/mol. The fourth-order valence-corrected chi connectivity index (χ4v) is 3.84. The third-order valence-electron chi connectivity index (χ3n) is 4.24. The van der Waals surface area contributed by atoms with Gasteiger partial charge in [-0.2, -0.15) is 0 Å². The summed E-state index contributed by atoms with van der Waals surface area (Å²) in [7, 11) is 1.66. The van der Waals surface area contributed by atoms with Gasteiger partial charge in [0.25, 0.3) is 0 Å². The van der Waals surface area contributed by atoms with Crippen LogP contribution in [0.15, 0.2) is 36.0 Å². The molecule has 6 nitrogen and oxygen atoms in total. The van der Waals surface area contributed by atoms with Crippen molar-refractivity contribution in [1.29, 1.82) is 0 Å². The number of allylic oxidation sites excluding steroid dienone is 1. The Morgan fingerprint density at radius 1 is 1.44 bits per heavy atom. The lowest BCUT2D eigenvalue weighted by Gasteiger charge is -2.29. The summed E-state index contributed by atoms with van der Waals surface area (Å²) < 4.78 is 7.24. The average Bonchev–Trinajstić information content (AvgIpc) is 2.99. The molecule has 0 atom stereocenters. The van der Waals surface area contributed by atoms with Crippen LogP contribution >= 0.6 is 11.8 Å².